The smallest absolute Gasteiger partial charge is 0.357 e. The normalized spacial score (nSPS) is 18.3. The first kappa shape index (κ1) is 20.6. The van der Waals surface area contributed by atoms with Crippen molar-refractivity contribution in [2.75, 3.05) is 18.1 Å². The van der Waals surface area contributed by atoms with E-state index in [9.17, 15) is 21.6 Å². The molecule has 1 aliphatic rings. The lowest BCUT2D eigenvalue weighted by Crippen LogP contribution is -2.28. The highest BCUT2D eigenvalue weighted by Gasteiger charge is 2.46. The van der Waals surface area contributed by atoms with E-state index in [0.29, 0.717) is 25.4 Å². The van der Waals surface area contributed by atoms with Crippen LogP contribution in [0.4, 0.5) is 18.9 Å². The van der Waals surface area contributed by atoms with Crippen molar-refractivity contribution in [3.63, 3.8) is 0 Å². The SMILES string of the molecule is C[C@@H]1CN(c2ccc(S(=O)(=O)C(F)(F)F)cc2)CN1Cc1ccc2ccccc2n1. The molecule has 0 spiro atoms. The number of fused-ring (bicyclic) bond motifs is 1. The summed E-state index contributed by atoms with van der Waals surface area (Å²) in [6.45, 7) is 3.96. The van der Waals surface area contributed by atoms with Gasteiger partial charge < -0.3 is 4.90 Å². The van der Waals surface area contributed by atoms with Gasteiger partial charge in [0.15, 0.2) is 0 Å². The third-order valence-electron chi connectivity index (χ3n) is 5.30. The average molecular weight is 435 g/mol. The molecule has 2 heterocycles. The van der Waals surface area contributed by atoms with Gasteiger partial charge in [0.1, 0.15) is 0 Å². The lowest BCUT2D eigenvalue weighted by molar-refractivity contribution is -0.0436. The molecule has 30 heavy (non-hydrogen) atoms. The molecule has 5 nitrogen and oxygen atoms in total. The third kappa shape index (κ3) is 3.87. The van der Waals surface area contributed by atoms with Crippen molar-refractivity contribution in [2.45, 2.75) is 29.9 Å². The Bertz CT molecular complexity index is 1160. The highest BCUT2D eigenvalue weighted by Crippen LogP contribution is 2.32. The van der Waals surface area contributed by atoms with E-state index in [1.54, 1.807) is 0 Å². The van der Waals surface area contributed by atoms with Crippen molar-refractivity contribution in [1.29, 1.82) is 0 Å². The number of nitrogens with zero attached hydrogens (tertiary/aromatic N) is 3. The lowest BCUT2D eigenvalue weighted by atomic mass is 10.2. The standard InChI is InChI=1S/C21H20F3N3O2S/c1-15-12-27(18-8-10-19(11-9-18)30(28,29)21(22,23)24)14-26(15)13-17-7-6-16-4-2-3-5-20(16)25-17/h2-11,15H,12-14H2,1H3/t15-/m1/s1. The Morgan fingerprint density at radius 3 is 2.43 bits per heavy atom. The van der Waals surface area contributed by atoms with Gasteiger partial charge in [0.2, 0.25) is 0 Å². The van der Waals surface area contributed by atoms with Crippen LogP contribution in [0.1, 0.15) is 12.6 Å². The molecule has 1 aromatic heterocycles. The number of pyridine rings is 1. The largest absolute Gasteiger partial charge is 0.501 e. The van der Waals surface area contributed by atoms with E-state index < -0.39 is 20.2 Å². The Labute approximate surface area is 172 Å². The van der Waals surface area contributed by atoms with Crippen LogP contribution in [0.2, 0.25) is 0 Å². The minimum atomic E-state index is -5.33. The van der Waals surface area contributed by atoms with Crippen LogP contribution in [-0.2, 0) is 16.4 Å². The molecule has 3 aromatic rings. The third-order valence-corrected chi connectivity index (χ3v) is 6.80. The number of para-hydroxylation sites is 1. The molecular weight excluding hydrogens is 415 g/mol. The zero-order valence-corrected chi connectivity index (χ0v) is 17.0. The summed E-state index contributed by atoms with van der Waals surface area (Å²) in [7, 11) is -5.33. The van der Waals surface area contributed by atoms with Crippen molar-refractivity contribution >= 4 is 26.4 Å². The molecule has 4 rings (SSSR count). The van der Waals surface area contributed by atoms with Crippen molar-refractivity contribution in [1.82, 2.24) is 9.88 Å². The van der Waals surface area contributed by atoms with Crippen molar-refractivity contribution in [3.05, 3.63) is 66.4 Å². The number of halogens is 3. The lowest BCUT2D eigenvalue weighted by Gasteiger charge is -2.21. The predicted molar refractivity (Wildman–Crippen MR) is 109 cm³/mol. The number of hydrogen-bond donors (Lipinski definition) is 0. The van der Waals surface area contributed by atoms with Gasteiger partial charge in [-0.05, 0) is 43.3 Å². The first-order valence-corrected chi connectivity index (χ1v) is 10.9. The minimum absolute atomic E-state index is 0.205. The van der Waals surface area contributed by atoms with Gasteiger partial charge in [0, 0.05) is 30.2 Å². The van der Waals surface area contributed by atoms with Gasteiger partial charge in [-0.3, -0.25) is 9.88 Å². The van der Waals surface area contributed by atoms with E-state index in [0.717, 1.165) is 28.7 Å². The molecular formula is C21H20F3N3O2S. The Kier molecular flexibility index (Phi) is 5.19. The monoisotopic (exact) mass is 435 g/mol. The molecule has 2 aromatic carbocycles. The van der Waals surface area contributed by atoms with Gasteiger partial charge in [0.05, 0.1) is 22.8 Å². The second-order valence-electron chi connectivity index (χ2n) is 7.40. The van der Waals surface area contributed by atoms with Crippen LogP contribution in [0.3, 0.4) is 0 Å². The van der Waals surface area contributed by atoms with Crippen LogP contribution in [0.25, 0.3) is 10.9 Å². The highest BCUT2D eigenvalue weighted by atomic mass is 32.2. The van der Waals surface area contributed by atoms with Crippen LogP contribution in [-0.4, -0.2) is 43.1 Å². The molecule has 0 saturated carbocycles. The van der Waals surface area contributed by atoms with Gasteiger partial charge in [-0.15, -0.1) is 0 Å². The maximum Gasteiger partial charge on any atom is 0.501 e. The first-order valence-electron chi connectivity index (χ1n) is 9.40. The number of anilines is 1. The average Bonchev–Trinajstić information content (AvgIpc) is 3.07. The number of aromatic nitrogens is 1. The molecule has 1 atom stereocenters. The topological polar surface area (TPSA) is 53.5 Å². The van der Waals surface area contributed by atoms with Crippen molar-refractivity contribution < 1.29 is 21.6 Å². The number of hydrogen-bond acceptors (Lipinski definition) is 5. The molecule has 0 unspecified atom stereocenters. The Morgan fingerprint density at radius 1 is 1.03 bits per heavy atom. The van der Waals surface area contributed by atoms with Gasteiger partial charge >= 0.3 is 5.51 Å². The number of alkyl halides is 3. The minimum Gasteiger partial charge on any atom is -0.357 e. The molecule has 158 valence electrons. The Balaban J connectivity index is 1.48. The summed E-state index contributed by atoms with van der Waals surface area (Å²) in [5, 5.41) is 1.08. The number of benzene rings is 2. The second-order valence-corrected chi connectivity index (χ2v) is 9.34. The summed E-state index contributed by atoms with van der Waals surface area (Å²) in [6, 6.07) is 17.0. The van der Waals surface area contributed by atoms with E-state index in [-0.39, 0.29) is 6.04 Å². The van der Waals surface area contributed by atoms with E-state index >= 15 is 0 Å². The first-order chi connectivity index (χ1) is 14.1. The van der Waals surface area contributed by atoms with Crippen LogP contribution in [0.15, 0.2) is 65.6 Å². The van der Waals surface area contributed by atoms with Gasteiger partial charge in [0.25, 0.3) is 9.84 Å². The van der Waals surface area contributed by atoms with Crippen molar-refractivity contribution in [3.8, 4) is 0 Å². The fraction of sp³-hybridized carbons (Fsp3) is 0.286. The van der Waals surface area contributed by atoms with E-state index in [1.165, 1.54) is 12.1 Å². The maximum atomic E-state index is 12.7. The van der Waals surface area contributed by atoms with E-state index in [1.807, 2.05) is 41.3 Å². The summed E-state index contributed by atoms with van der Waals surface area (Å²) in [5.41, 5.74) is -2.76. The molecule has 1 saturated heterocycles. The van der Waals surface area contributed by atoms with Crippen LogP contribution in [0.5, 0.6) is 0 Å². The van der Waals surface area contributed by atoms with Gasteiger partial charge in [-0.1, -0.05) is 24.3 Å². The summed E-state index contributed by atoms with van der Waals surface area (Å²) < 4.78 is 61.2. The van der Waals surface area contributed by atoms with Crippen LogP contribution >= 0.6 is 0 Å². The molecule has 0 amide bonds. The zero-order chi connectivity index (χ0) is 21.5. The van der Waals surface area contributed by atoms with Gasteiger partial charge in [-0.25, -0.2) is 8.42 Å². The summed E-state index contributed by atoms with van der Waals surface area (Å²) in [5.74, 6) is 0. The maximum absolute atomic E-state index is 12.7. The highest BCUT2D eigenvalue weighted by molar-refractivity contribution is 7.92. The van der Waals surface area contributed by atoms with Crippen molar-refractivity contribution in [2.24, 2.45) is 0 Å². The molecule has 0 bridgehead atoms. The quantitative estimate of drug-likeness (QED) is 0.615. The molecule has 1 aliphatic heterocycles. The Morgan fingerprint density at radius 2 is 1.73 bits per heavy atom. The molecule has 0 N–H and O–H groups in total. The fourth-order valence-corrected chi connectivity index (χ4v) is 4.38. The summed E-state index contributed by atoms with van der Waals surface area (Å²) in [4.78, 5) is 8.18. The zero-order valence-electron chi connectivity index (χ0n) is 16.2. The van der Waals surface area contributed by atoms with Crippen LogP contribution in [0, 0.1) is 0 Å². The number of sulfone groups is 1. The number of rotatable bonds is 4. The fourth-order valence-electron chi connectivity index (χ4n) is 3.62. The second kappa shape index (κ2) is 7.55. The Hall–Kier alpha value is -2.65. The van der Waals surface area contributed by atoms with Gasteiger partial charge in [-0.2, -0.15) is 13.2 Å². The molecule has 0 radical (unpaired) electrons. The molecule has 9 heteroatoms. The van der Waals surface area contributed by atoms with Crippen LogP contribution < -0.4 is 4.90 Å². The summed E-state index contributed by atoms with van der Waals surface area (Å²) in [6.07, 6.45) is 0. The van der Waals surface area contributed by atoms with E-state index in [2.05, 4.69) is 11.8 Å². The predicted octanol–water partition coefficient (Wildman–Crippen LogP) is 4.20. The molecule has 1 fully saturated rings. The van der Waals surface area contributed by atoms with E-state index in [4.69, 9.17) is 4.98 Å². The molecule has 0 aliphatic carbocycles. The summed E-state index contributed by atoms with van der Waals surface area (Å²) >= 11 is 0.